The van der Waals surface area contributed by atoms with Gasteiger partial charge in [0.2, 0.25) is 0 Å². The van der Waals surface area contributed by atoms with Crippen LogP contribution in [-0.4, -0.2) is 21.9 Å². The van der Waals surface area contributed by atoms with E-state index in [1.54, 1.807) is 30.3 Å². The van der Waals surface area contributed by atoms with Crippen LogP contribution in [0.4, 0.5) is 11.4 Å². The minimum absolute atomic E-state index is 0.0139. The van der Waals surface area contributed by atoms with E-state index in [9.17, 15) is 21.9 Å². The molecule has 0 heterocycles. The molecule has 0 amide bonds. The summed E-state index contributed by atoms with van der Waals surface area (Å²) in [5.41, 5.74) is 0.873. The smallest absolute Gasteiger partial charge is 0.262 e. The van der Waals surface area contributed by atoms with Crippen molar-refractivity contribution < 1.29 is 21.9 Å². The zero-order chi connectivity index (χ0) is 20.4. The highest BCUT2D eigenvalue weighted by Gasteiger charge is 2.18. The van der Waals surface area contributed by atoms with Crippen molar-refractivity contribution in [1.29, 1.82) is 0 Å². The molecule has 7 nitrogen and oxygen atoms in total. The summed E-state index contributed by atoms with van der Waals surface area (Å²) in [7, 11) is -7.80. The molecule has 3 aromatic carbocycles. The van der Waals surface area contributed by atoms with Gasteiger partial charge in [0.25, 0.3) is 20.0 Å². The minimum atomic E-state index is -3.94. The number of anilines is 2. The maximum Gasteiger partial charge on any atom is 0.262 e. The molecule has 0 atom stereocenters. The molecule has 0 saturated heterocycles. The summed E-state index contributed by atoms with van der Waals surface area (Å²) < 4.78 is 54.5. The number of hydrogen-bond acceptors (Lipinski definition) is 5. The van der Waals surface area contributed by atoms with E-state index >= 15 is 0 Å². The van der Waals surface area contributed by atoms with E-state index in [0.717, 1.165) is 5.56 Å². The van der Waals surface area contributed by atoms with Crippen LogP contribution >= 0.6 is 0 Å². The van der Waals surface area contributed by atoms with E-state index in [0.29, 0.717) is 0 Å². The molecule has 0 aromatic heterocycles. The van der Waals surface area contributed by atoms with Crippen molar-refractivity contribution in [3.8, 4) is 5.75 Å². The molecule has 0 aliphatic carbocycles. The van der Waals surface area contributed by atoms with Gasteiger partial charge in [-0.25, -0.2) is 16.8 Å². The fraction of sp³-hybridized carbons (Fsp3) is 0.0526. The summed E-state index contributed by atoms with van der Waals surface area (Å²) in [4.78, 5) is 0.0811. The molecule has 9 heteroatoms. The van der Waals surface area contributed by atoms with Gasteiger partial charge in [0.05, 0.1) is 21.2 Å². The van der Waals surface area contributed by atoms with Crippen LogP contribution < -0.4 is 9.44 Å². The average molecular weight is 418 g/mol. The summed E-state index contributed by atoms with van der Waals surface area (Å²) in [6, 6.07) is 17.7. The topological polar surface area (TPSA) is 113 Å². The third kappa shape index (κ3) is 4.44. The van der Waals surface area contributed by atoms with Gasteiger partial charge in [-0.15, -0.1) is 0 Å². The third-order valence-corrected chi connectivity index (χ3v) is 6.66. The molecule has 28 heavy (non-hydrogen) atoms. The van der Waals surface area contributed by atoms with Gasteiger partial charge in [-0.1, -0.05) is 35.9 Å². The lowest BCUT2D eigenvalue weighted by Gasteiger charge is -2.13. The Bertz CT molecular complexity index is 1190. The Hall–Kier alpha value is -3.04. The van der Waals surface area contributed by atoms with Crippen LogP contribution in [-0.2, 0) is 20.0 Å². The van der Waals surface area contributed by atoms with Crippen molar-refractivity contribution in [2.45, 2.75) is 16.7 Å². The molecule has 0 fully saturated rings. The summed E-state index contributed by atoms with van der Waals surface area (Å²) in [5, 5.41) is 9.99. The van der Waals surface area contributed by atoms with Crippen molar-refractivity contribution in [2.24, 2.45) is 0 Å². The van der Waals surface area contributed by atoms with Crippen LogP contribution in [0.15, 0.2) is 82.6 Å². The fourth-order valence-corrected chi connectivity index (χ4v) is 4.55. The Labute approximate surface area is 163 Å². The lowest BCUT2D eigenvalue weighted by Crippen LogP contribution is -2.15. The van der Waals surface area contributed by atoms with Crippen LogP contribution in [0.5, 0.6) is 5.75 Å². The maximum absolute atomic E-state index is 12.5. The molecule has 0 radical (unpaired) electrons. The molecular weight excluding hydrogens is 400 g/mol. The summed E-state index contributed by atoms with van der Waals surface area (Å²) in [5.74, 6) is -0.335. The Balaban J connectivity index is 1.88. The first-order valence-corrected chi connectivity index (χ1v) is 11.1. The molecule has 146 valence electrons. The first-order chi connectivity index (χ1) is 13.2. The normalized spacial score (nSPS) is 11.8. The number of hydrogen-bond donors (Lipinski definition) is 3. The second-order valence-corrected chi connectivity index (χ2v) is 9.43. The zero-order valence-electron chi connectivity index (χ0n) is 14.8. The quantitative estimate of drug-likeness (QED) is 0.420. The monoisotopic (exact) mass is 418 g/mol. The highest BCUT2D eigenvalue weighted by Crippen LogP contribution is 2.30. The van der Waals surface area contributed by atoms with Crippen LogP contribution in [0.3, 0.4) is 0 Å². The SMILES string of the molecule is Cc1ccc(S(=O)(=O)Nc2ccc(O)c(NS(=O)(=O)c3ccccc3)c2)cc1. The molecular formula is C19H18N2O5S2. The zero-order valence-corrected chi connectivity index (χ0v) is 16.5. The van der Waals surface area contributed by atoms with Crippen molar-refractivity contribution in [2.75, 3.05) is 9.44 Å². The molecule has 0 saturated carbocycles. The number of nitrogens with one attached hydrogen (secondary N) is 2. The second kappa shape index (κ2) is 7.53. The van der Waals surface area contributed by atoms with Gasteiger partial charge in [0.15, 0.2) is 0 Å². The number of sulfonamides is 2. The number of aromatic hydroxyl groups is 1. The Morgan fingerprint density at radius 1 is 0.714 bits per heavy atom. The van der Waals surface area contributed by atoms with Crippen LogP contribution in [0.25, 0.3) is 0 Å². The van der Waals surface area contributed by atoms with E-state index in [2.05, 4.69) is 9.44 Å². The molecule has 3 rings (SSSR count). The van der Waals surface area contributed by atoms with Crippen molar-refractivity contribution in [3.05, 3.63) is 78.4 Å². The molecule has 3 N–H and O–H groups in total. The van der Waals surface area contributed by atoms with Crippen LogP contribution in [0, 0.1) is 6.92 Å². The predicted molar refractivity (Wildman–Crippen MR) is 107 cm³/mol. The van der Waals surface area contributed by atoms with Gasteiger partial charge in [0, 0.05) is 0 Å². The Morgan fingerprint density at radius 2 is 1.29 bits per heavy atom. The summed E-state index contributed by atoms with van der Waals surface area (Å²) in [6.45, 7) is 1.84. The Morgan fingerprint density at radius 3 is 1.93 bits per heavy atom. The standard InChI is InChI=1S/C19H18N2O5S2/c1-14-7-10-17(11-8-14)27(23,24)20-15-9-12-19(22)18(13-15)21-28(25,26)16-5-3-2-4-6-16/h2-13,20-22H,1H3. The molecule has 3 aromatic rings. The van der Waals surface area contributed by atoms with Crippen LogP contribution in [0.1, 0.15) is 5.56 Å². The molecule has 0 aliphatic heterocycles. The number of phenols is 1. The van der Waals surface area contributed by atoms with Gasteiger partial charge in [-0.2, -0.15) is 0 Å². The Kier molecular flexibility index (Phi) is 5.30. The lowest BCUT2D eigenvalue weighted by atomic mass is 10.2. The van der Waals surface area contributed by atoms with E-state index in [-0.39, 0.29) is 26.9 Å². The fourth-order valence-electron chi connectivity index (χ4n) is 2.42. The van der Waals surface area contributed by atoms with Gasteiger partial charge in [0.1, 0.15) is 5.75 Å². The minimum Gasteiger partial charge on any atom is -0.506 e. The number of aryl methyl sites for hydroxylation is 1. The first-order valence-electron chi connectivity index (χ1n) is 8.18. The predicted octanol–water partition coefficient (Wildman–Crippen LogP) is 3.30. The van der Waals surface area contributed by atoms with Gasteiger partial charge in [-0.3, -0.25) is 9.44 Å². The van der Waals surface area contributed by atoms with Crippen LogP contribution in [0.2, 0.25) is 0 Å². The van der Waals surface area contributed by atoms with Crippen molar-refractivity contribution in [1.82, 2.24) is 0 Å². The largest absolute Gasteiger partial charge is 0.506 e. The molecule has 0 bridgehead atoms. The van der Waals surface area contributed by atoms with E-state index in [1.165, 1.54) is 42.5 Å². The highest BCUT2D eigenvalue weighted by molar-refractivity contribution is 7.93. The van der Waals surface area contributed by atoms with E-state index < -0.39 is 20.0 Å². The average Bonchev–Trinajstić information content (AvgIpc) is 2.65. The number of rotatable bonds is 6. The first kappa shape index (κ1) is 19.7. The maximum atomic E-state index is 12.5. The third-order valence-electron chi connectivity index (χ3n) is 3.88. The van der Waals surface area contributed by atoms with Crippen molar-refractivity contribution in [3.63, 3.8) is 0 Å². The summed E-state index contributed by atoms with van der Waals surface area (Å²) >= 11 is 0. The highest BCUT2D eigenvalue weighted by atomic mass is 32.2. The number of phenolic OH excluding ortho intramolecular Hbond substituents is 1. The molecule has 0 unspecified atom stereocenters. The second-order valence-electron chi connectivity index (χ2n) is 6.07. The van der Waals surface area contributed by atoms with E-state index in [1.807, 2.05) is 6.92 Å². The summed E-state index contributed by atoms with van der Waals surface area (Å²) in [6.07, 6.45) is 0. The number of benzene rings is 3. The van der Waals surface area contributed by atoms with Crippen molar-refractivity contribution >= 4 is 31.4 Å². The van der Waals surface area contributed by atoms with Gasteiger partial charge in [-0.05, 0) is 49.4 Å². The van der Waals surface area contributed by atoms with Gasteiger partial charge >= 0.3 is 0 Å². The lowest BCUT2D eigenvalue weighted by molar-refractivity contribution is 0.477. The van der Waals surface area contributed by atoms with E-state index in [4.69, 9.17) is 0 Å². The molecule has 0 aliphatic rings. The van der Waals surface area contributed by atoms with Gasteiger partial charge < -0.3 is 5.11 Å². The molecule has 0 spiro atoms.